The third kappa shape index (κ3) is 11.2. The second kappa shape index (κ2) is 15.1. The highest BCUT2D eigenvalue weighted by Crippen LogP contribution is 2.37. The number of methoxy groups -OCH3 is 1. The van der Waals surface area contributed by atoms with Gasteiger partial charge in [-0.05, 0) is 60.7 Å². The standard InChI is InChI=1S/C29H46O6Si/c1-10-16-33-28(31)19-25(30)18-27(34-20-24-12-14-26(32-7)15-13-24)22(3)17-23(11-2)21-35-36(8,9)29(4,5)6/h10,12-15,17,23,27H,1,11,16,18-21H2,2-9H3/b22-17-/t23-,27+/m1/s1. The Labute approximate surface area is 219 Å². The van der Waals surface area contributed by atoms with Gasteiger partial charge in [0, 0.05) is 13.0 Å². The highest BCUT2D eigenvalue weighted by molar-refractivity contribution is 6.74. The summed E-state index contributed by atoms with van der Waals surface area (Å²) in [4.78, 5) is 24.6. The van der Waals surface area contributed by atoms with Gasteiger partial charge in [0.2, 0.25) is 0 Å². The zero-order chi connectivity index (χ0) is 27.4. The summed E-state index contributed by atoms with van der Waals surface area (Å²) in [7, 11) is -0.243. The van der Waals surface area contributed by atoms with Gasteiger partial charge in [0.1, 0.15) is 24.6 Å². The van der Waals surface area contributed by atoms with Crippen LogP contribution in [0.15, 0.2) is 48.6 Å². The molecule has 36 heavy (non-hydrogen) atoms. The number of benzene rings is 1. The minimum absolute atomic E-state index is 0.0921. The summed E-state index contributed by atoms with van der Waals surface area (Å²) >= 11 is 0. The van der Waals surface area contributed by atoms with Gasteiger partial charge >= 0.3 is 5.97 Å². The minimum Gasteiger partial charge on any atom is -0.497 e. The first-order valence-electron chi connectivity index (χ1n) is 12.7. The lowest BCUT2D eigenvalue weighted by Gasteiger charge is -2.37. The van der Waals surface area contributed by atoms with Crippen LogP contribution in [-0.2, 0) is 30.1 Å². The number of hydrogen-bond acceptors (Lipinski definition) is 6. The van der Waals surface area contributed by atoms with E-state index in [-0.39, 0.29) is 36.2 Å². The van der Waals surface area contributed by atoms with Crippen LogP contribution in [0.1, 0.15) is 59.4 Å². The Bertz CT molecular complexity index is 867. The molecule has 0 amide bonds. The summed E-state index contributed by atoms with van der Waals surface area (Å²) in [5.41, 5.74) is 1.93. The monoisotopic (exact) mass is 518 g/mol. The minimum atomic E-state index is -1.87. The van der Waals surface area contributed by atoms with Gasteiger partial charge in [-0.15, -0.1) is 0 Å². The van der Waals surface area contributed by atoms with Crippen LogP contribution in [0.5, 0.6) is 5.75 Å². The van der Waals surface area contributed by atoms with Gasteiger partial charge < -0.3 is 18.6 Å². The molecule has 2 atom stereocenters. The van der Waals surface area contributed by atoms with Crippen LogP contribution in [0.4, 0.5) is 0 Å². The van der Waals surface area contributed by atoms with Gasteiger partial charge in [-0.25, -0.2) is 0 Å². The Morgan fingerprint density at radius 1 is 1.14 bits per heavy atom. The molecular formula is C29H46O6Si. The topological polar surface area (TPSA) is 71.1 Å². The van der Waals surface area contributed by atoms with Crippen molar-refractivity contribution in [2.45, 2.75) is 84.7 Å². The Morgan fingerprint density at radius 2 is 1.78 bits per heavy atom. The highest BCUT2D eigenvalue weighted by Gasteiger charge is 2.37. The average molecular weight is 519 g/mol. The third-order valence-electron chi connectivity index (χ3n) is 6.72. The van der Waals surface area contributed by atoms with E-state index in [1.807, 2.05) is 31.2 Å². The molecule has 7 heteroatoms. The van der Waals surface area contributed by atoms with Crippen molar-refractivity contribution in [2.24, 2.45) is 5.92 Å². The van der Waals surface area contributed by atoms with E-state index in [0.717, 1.165) is 23.3 Å². The summed E-state index contributed by atoms with van der Waals surface area (Å²) in [6.45, 7) is 19.9. The molecule has 0 saturated heterocycles. The fourth-order valence-electron chi connectivity index (χ4n) is 3.21. The van der Waals surface area contributed by atoms with Crippen LogP contribution in [0.25, 0.3) is 0 Å². The predicted octanol–water partition coefficient (Wildman–Crippen LogP) is 6.65. The average Bonchev–Trinajstić information content (AvgIpc) is 2.82. The quantitative estimate of drug-likeness (QED) is 0.106. The number of ether oxygens (including phenoxy) is 3. The Morgan fingerprint density at radius 3 is 2.31 bits per heavy atom. The van der Waals surface area contributed by atoms with E-state index in [1.165, 1.54) is 6.08 Å². The molecule has 0 aliphatic carbocycles. The van der Waals surface area contributed by atoms with Crippen molar-refractivity contribution in [2.75, 3.05) is 20.3 Å². The molecule has 0 N–H and O–H groups in total. The molecule has 0 aliphatic heterocycles. The number of rotatable bonds is 16. The second-order valence-corrected chi connectivity index (χ2v) is 15.5. The summed E-state index contributed by atoms with van der Waals surface area (Å²) in [5.74, 6) is 0.206. The van der Waals surface area contributed by atoms with Gasteiger partial charge in [0.15, 0.2) is 8.32 Å². The van der Waals surface area contributed by atoms with E-state index < -0.39 is 20.4 Å². The van der Waals surface area contributed by atoms with Crippen LogP contribution < -0.4 is 4.74 Å². The predicted molar refractivity (Wildman–Crippen MR) is 148 cm³/mol. The third-order valence-corrected chi connectivity index (χ3v) is 11.2. The highest BCUT2D eigenvalue weighted by atomic mass is 28.4. The maximum absolute atomic E-state index is 12.7. The number of esters is 1. The molecule has 0 aliphatic rings. The number of carbonyl (C=O) groups is 2. The lowest BCUT2D eigenvalue weighted by molar-refractivity contribution is -0.145. The molecule has 1 rings (SSSR count). The van der Waals surface area contributed by atoms with Crippen molar-refractivity contribution in [3.05, 3.63) is 54.1 Å². The Kier molecular flexibility index (Phi) is 13.4. The first-order chi connectivity index (χ1) is 16.8. The molecule has 0 saturated carbocycles. The molecule has 1 aromatic carbocycles. The van der Waals surface area contributed by atoms with Crippen molar-refractivity contribution in [1.82, 2.24) is 0 Å². The second-order valence-electron chi connectivity index (χ2n) is 10.7. The molecule has 0 heterocycles. The van der Waals surface area contributed by atoms with Gasteiger partial charge in [-0.2, -0.15) is 0 Å². The molecule has 0 aromatic heterocycles. The molecular weight excluding hydrogens is 472 g/mol. The molecule has 0 spiro atoms. The fraction of sp³-hybridized carbons (Fsp3) is 0.586. The molecule has 6 nitrogen and oxygen atoms in total. The molecule has 1 aromatic rings. The van der Waals surface area contributed by atoms with Crippen LogP contribution in [-0.4, -0.2) is 46.5 Å². The van der Waals surface area contributed by atoms with Crippen molar-refractivity contribution in [3.8, 4) is 5.75 Å². The van der Waals surface area contributed by atoms with E-state index in [1.54, 1.807) is 7.11 Å². The van der Waals surface area contributed by atoms with Crippen molar-refractivity contribution in [1.29, 1.82) is 0 Å². The van der Waals surface area contributed by atoms with E-state index in [4.69, 9.17) is 18.6 Å². The van der Waals surface area contributed by atoms with Crippen LogP contribution in [0.2, 0.25) is 18.1 Å². The van der Waals surface area contributed by atoms with Crippen LogP contribution in [0.3, 0.4) is 0 Å². The van der Waals surface area contributed by atoms with Crippen LogP contribution in [0, 0.1) is 5.92 Å². The van der Waals surface area contributed by atoms with E-state index in [9.17, 15) is 9.59 Å². The Hall–Kier alpha value is -2.22. The first-order valence-corrected chi connectivity index (χ1v) is 15.6. The SMILES string of the molecule is C=CCOC(=O)CC(=O)C[C@H](OCc1ccc(OC)cc1)/C(C)=C\[C@@H](CC)CO[Si](C)(C)C(C)(C)C. The van der Waals surface area contributed by atoms with Gasteiger partial charge in [0.05, 0.1) is 19.8 Å². The number of hydrogen-bond donors (Lipinski definition) is 0. The van der Waals surface area contributed by atoms with E-state index >= 15 is 0 Å². The first kappa shape index (κ1) is 31.8. The normalized spacial score (nSPS) is 14.2. The maximum Gasteiger partial charge on any atom is 0.313 e. The summed E-state index contributed by atoms with van der Waals surface area (Å²) in [6, 6.07) is 7.63. The number of Topliss-reactive ketones (excluding diaryl/α,β-unsaturated/α-hetero) is 1. The Balaban J connectivity index is 2.98. The largest absolute Gasteiger partial charge is 0.497 e. The number of carbonyl (C=O) groups excluding carboxylic acids is 2. The van der Waals surface area contributed by atoms with Crippen molar-refractivity contribution in [3.63, 3.8) is 0 Å². The van der Waals surface area contributed by atoms with E-state index in [2.05, 4.69) is 53.4 Å². The molecule has 0 radical (unpaired) electrons. The van der Waals surface area contributed by atoms with Gasteiger partial charge in [0.25, 0.3) is 0 Å². The fourth-order valence-corrected chi connectivity index (χ4v) is 4.27. The van der Waals surface area contributed by atoms with Crippen LogP contribution >= 0.6 is 0 Å². The summed E-state index contributed by atoms with van der Waals surface area (Å²) in [5, 5.41) is 0.140. The zero-order valence-corrected chi connectivity index (χ0v) is 24.5. The van der Waals surface area contributed by atoms with Crippen molar-refractivity contribution >= 4 is 20.1 Å². The zero-order valence-electron chi connectivity index (χ0n) is 23.5. The number of ketones is 1. The van der Waals surface area contributed by atoms with E-state index in [0.29, 0.717) is 13.2 Å². The maximum atomic E-state index is 12.7. The van der Waals surface area contributed by atoms with Gasteiger partial charge in [-0.3, -0.25) is 9.59 Å². The molecule has 0 bridgehead atoms. The lowest BCUT2D eigenvalue weighted by Crippen LogP contribution is -2.41. The van der Waals surface area contributed by atoms with Gasteiger partial charge in [-0.1, -0.05) is 58.6 Å². The summed E-state index contributed by atoms with van der Waals surface area (Å²) in [6.07, 6.45) is 3.92. The lowest BCUT2D eigenvalue weighted by atomic mass is 9.98. The van der Waals surface area contributed by atoms with Crippen molar-refractivity contribution < 1.29 is 28.2 Å². The molecule has 0 fully saturated rings. The smallest absolute Gasteiger partial charge is 0.313 e. The molecule has 0 unspecified atom stereocenters. The summed E-state index contributed by atoms with van der Waals surface area (Å²) < 4.78 is 22.9. The molecule has 202 valence electrons.